The molecule has 1 N–H and O–H groups in total. The number of pyridine rings is 1. The van der Waals surface area contributed by atoms with Crippen LogP contribution in [0.1, 0.15) is 12.5 Å². The molecule has 1 heterocycles. The van der Waals surface area contributed by atoms with Crippen molar-refractivity contribution in [3.05, 3.63) is 41.8 Å². The van der Waals surface area contributed by atoms with Crippen LogP contribution < -0.4 is 0 Å². The molecule has 2 rings (SSSR count). The van der Waals surface area contributed by atoms with Crippen molar-refractivity contribution in [2.24, 2.45) is 0 Å². The largest absolute Gasteiger partial charge is 0.479 e. The number of rotatable bonds is 4. The second-order valence-corrected chi connectivity index (χ2v) is 3.90. The van der Waals surface area contributed by atoms with Gasteiger partial charge < -0.3 is 9.84 Å². The molecule has 94 valence electrons. The van der Waals surface area contributed by atoms with Gasteiger partial charge in [0.2, 0.25) is 0 Å². The van der Waals surface area contributed by atoms with Gasteiger partial charge in [0.25, 0.3) is 0 Å². The van der Waals surface area contributed by atoms with Crippen LogP contribution in [0.25, 0.3) is 10.9 Å². The number of carbonyl (C=O) groups is 1. The molecule has 0 saturated carbocycles. The van der Waals surface area contributed by atoms with Crippen LogP contribution in [0.2, 0.25) is 0 Å². The van der Waals surface area contributed by atoms with Crippen LogP contribution in [-0.2, 0) is 16.1 Å². The first-order chi connectivity index (χ1) is 8.59. The fourth-order valence-electron chi connectivity index (χ4n) is 1.60. The second-order valence-electron chi connectivity index (χ2n) is 3.90. The molecular formula is C13H12FNO3. The summed E-state index contributed by atoms with van der Waals surface area (Å²) < 4.78 is 18.7. The number of hydrogen-bond donors (Lipinski definition) is 1. The lowest BCUT2D eigenvalue weighted by Gasteiger charge is -2.10. The third kappa shape index (κ3) is 2.46. The Labute approximate surface area is 103 Å². The maximum absolute atomic E-state index is 13.5. The molecule has 0 radical (unpaired) electrons. The molecule has 4 nitrogen and oxygen atoms in total. The molecule has 0 amide bonds. The molecule has 5 heteroatoms. The van der Waals surface area contributed by atoms with E-state index in [-0.39, 0.29) is 12.4 Å². The molecule has 0 spiro atoms. The predicted octanol–water partition coefficient (Wildman–Crippen LogP) is 2.36. The first kappa shape index (κ1) is 12.4. The number of carboxylic acid groups (broad SMARTS) is 1. The first-order valence-electron chi connectivity index (χ1n) is 5.46. The minimum absolute atomic E-state index is 0.0846. The average molecular weight is 249 g/mol. The van der Waals surface area contributed by atoms with Gasteiger partial charge in [-0.25, -0.2) is 9.18 Å². The molecule has 0 saturated heterocycles. The van der Waals surface area contributed by atoms with Crippen LogP contribution >= 0.6 is 0 Å². The molecule has 0 fully saturated rings. The van der Waals surface area contributed by atoms with Gasteiger partial charge in [-0.15, -0.1) is 0 Å². The lowest BCUT2D eigenvalue weighted by Crippen LogP contribution is -2.19. The van der Waals surface area contributed by atoms with Gasteiger partial charge in [-0.1, -0.05) is 6.07 Å². The lowest BCUT2D eigenvalue weighted by atomic mass is 10.1. The molecule has 0 aliphatic carbocycles. The highest BCUT2D eigenvalue weighted by atomic mass is 19.1. The van der Waals surface area contributed by atoms with Gasteiger partial charge in [-0.3, -0.25) is 4.98 Å². The summed E-state index contributed by atoms with van der Waals surface area (Å²) in [5.41, 5.74) is 1.16. The van der Waals surface area contributed by atoms with Gasteiger partial charge in [0.05, 0.1) is 12.1 Å². The summed E-state index contributed by atoms with van der Waals surface area (Å²) >= 11 is 0. The average Bonchev–Trinajstić information content (AvgIpc) is 2.38. The Balaban J connectivity index is 2.29. The topological polar surface area (TPSA) is 59.4 Å². The molecule has 1 atom stereocenters. The number of carboxylic acids is 1. The van der Waals surface area contributed by atoms with Gasteiger partial charge in [0.1, 0.15) is 5.82 Å². The van der Waals surface area contributed by atoms with Gasteiger partial charge in [0.15, 0.2) is 6.10 Å². The number of nitrogens with zero attached hydrogens (tertiary/aromatic N) is 1. The van der Waals surface area contributed by atoms with Crippen molar-refractivity contribution in [1.29, 1.82) is 0 Å². The zero-order valence-electron chi connectivity index (χ0n) is 9.76. The van der Waals surface area contributed by atoms with E-state index >= 15 is 0 Å². The van der Waals surface area contributed by atoms with Crippen LogP contribution in [0.5, 0.6) is 0 Å². The van der Waals surface area contributed by atoms with E-state index in [2.05, 4.69) is 4.98 Å². The highest BCUT2D eigenvalue weighted by Gasteiger charge is 2.13. The number of halogens is 1. The Bertz CT molecular complexity index is 585. The predicted molar refractivity (Wildman–Crippen MR) is 63.6 cm³/mol. The summed E-state index contributed by atoms with van der Waals surface area (Å²) in [5.74, 6) is -1.39. The quantitative estimate of drug-likeness (QED) is 0.903. The zero-order valence-corrected chi connectivity index (χ0v) is 9.76. The van der Waals surface area contributed by atoms with Crippen LogP contribution in [0.4, 0.5) is 4.39 Å². The number of ether oxygens (including phenoxy) is 1. The zero-order chi connectivity index (χ0) is 13.1. The molecule has 2 aromatic rings. The Morgan fingerprint density at radius 3 is 3.00 bits per heavy atom. The van der Waals surface area contributed by atoms with Gasteiger partial charge in [-0.2, -0.15) is 0 Å². The van der Waals surface area contributed by atoms with E-state index in [0.717, 1.165) is 0 Å². The minimum Gasteiger partial charge on any atom is -0.479 e. The third-order valence-electron chi connectivity index (χ3n) is 2.64. The van der Waals surface area contributed by atoms with Crippen molar-refractivity contribution < 1.29 is 19.0 Å². The van der Waals surface area contributed by atoms with Gasteiger partial charge >= 0.3 is 5.97 Å². The van der Waals surface area contributed by atoms with Crippen molar-refractivity contribution in [1.82, 2.24) is 4.98 Å². The van der Waals surface area contributed by atoms with Crippen molar-refractivity contribution in [2.45, 2.75) is 19.6 Å². The maximum Gasteiger partial charge on any atom is 0.332 e. The third-order valence-corrected chi connectivity index (χ3v) is 2.64. The van der Waals surface area contributed by atoms with Gasteiger partial charge in [-0.05, 0) is 25.1 Å². The number of aromatic nitrogens is 1. The molecular weight excluding hydrogens is 237 g/mol. The standard InChI is InChI=1S/C13H12FNO3/c1-8(13(16)17)18-7-9-4-5-11(14)10-3-2-6-15-12(9)10/h2-6,8H,7H2,1H3,(H,16,17)/t8-/m0/s1. The molecule has 18 heavy (non-hydrogen) atoms. The maximum atomic E-state index is 13.5. The number of fused-ring (bicyclic) bond motifs is 1. The Morgan fingerprint density at radius 2 is 2.28 bits per heavy atom. The Hall–Kier alpha value is -2.01. The fraction of sp³-hybridized carbons (Fsp3) is 0.231. The number of hydrogen-bond acceptors (Lipinski definition) is 3. The van der Waals surface area contributed by atoms with Crippen LogP contribution in [0.15, 0.2) is 30.5 Å². The summed E-state index contributed by atoms with van der Waals surface area (Å²) in [6.07, 6.45) is 0.653. The highest BCUT2D eigenvalue weighted by molar-refractivity contribution is 5.82. The van der Waals surface area contributed by atoms with Crippen LogP contribution in [0.3, 0.4) is 0 Å². The molecule has 1 aromatic heterocycles. The Kier molecular flexibility index (Phi) is 3.53. The molecule has 1 aromatic carbocycles. The molecule has 0 unspecified atom stereocenters. The van der Waals surface area contributed by atoms with Crippen molar-refractivity contribution in [3.8, 4) is 0 Å². The van der Waals surface area contributed by atoms with E-state index < -0.39 is 12.1 Å². The van der Waals surface area contributed by atoms with Crippen molar-refractivity contribution in [2.75, 3.05) is 0 Å². The van der Waals surface area contributed by atoms with E-state index in [9.17, 15) is 9.18 Å². The lowest BCUT2D eigenvalue weighted by molar-refractivity contribution is -0.149. The summed E-state index contributed by atoms with van der Waals surface area (Å²) in [7, 11) is 0. The van der Waals surface area contributed by atoms with Crippen molar-refractivity contribution >= 4 is 16.9 Å². The minimum atomic E-state index is -1.03. The SMILES string of the molecule is C[C@H](OCc1ccc(F)c2cccnc12)C(=O)O. The van der Waals surface area contributed by atoms with E-state index in [4.69, 9.17) is 9.84 Å². The first-order valence-corrected chi connectivity index (χ1v) is 5.46. The number of aliphatic carboxylic acids is 1. The second kappa shape index (κ2) is 5.10. The van der Waals surface area contributed by atoms with E-state index in [0.29, 0.717) is 16.5 Å². The summed E-state index contributed by atoms with van der Waals surface area (Å²) in [6, 6.07) is 6.16. The normalized spacial score (nSPS) is 12.6. The molecule has 0 aliphatic rings. The van der Waals surface area contributed by atoms with E-state index in [1.807, 2.05) is 0 Å². The smallest absolute Gasteiger partial charge is 0.332 e. The van der Waals surface area contributed by atoms with Crippen LogP contribution in [0, 0.1) is 5.82 Å². The van der Waals surface area contributed by atoms with E-state index in [1.54, 1.807) is 24.4 Å². The summed E-state index contributed by atoms with van der Waals surface area (Å²) in [4.78, 5) is 14.7. The van der Waals surface area contributed by atoms with Crippen LogP contribution in [-0.4, -0.2) is 22.2 Å². The highest BCUT2D eigenvalue weighted by Crippen LogP contribution is 2.20. The molecule has 0 aliphatic heterocycles. The fourth-order valence-corrected chi connectivity index (χ4v) is 1.60. The number of benzene rings is 1. The van der Waals surface area contributed by atoms with E-state index in [1.165, 1.54) is 13.0 Å². The molecule has 0 bridgehead atoms. The monoisotopic (exact) mass is 249 g/mol. The summed E-state index contributed by atoms with van der Waals surface area (Å²) in [5, 5.41) is 9.12. The summed E-state index contributed by atoms with van der Waals surface area (Å²) in [6.45, 7) is 1.53. The Morgan fingerprint density at radius 1 is 1.50 bits per heavy atom. The van der Waals surface area contributed by atoms with Gasteiger partial charge in [0, 0.05) is 17.1 Å². The van der Waals surface area contributed by atoms with Crippen molar-refractivity contribution in [3.63, 3.8) is 0 Å².